The number of rotatable bonds is 3. The Morgan fingerprint density at radius 1 is 1.59 bits per heavy atom. The van der Waals surface area contributed by atoms with E-state index in [2.05, 4.69) is 16.0 Å². The number of fused-ring (bicyclic) bond motifs is 1. The van der Waals surface area contributed by atoms with Crippen molar-refractivity contribution in [3.63, 3.8) is 0 Å². The molecule has 0 aliphatic heterocycles. The normalized spacial score (nSPS) is 12.3. The second-order valence-corrected chi connectivity index (χ2v) is 4.85. The van der Waals surface area contributed by atoms with Crippen LogP contribution in [0.15, 0.2) is 11.4 Å². The first-order chi connectivity index (χ1) is 8.11. The molecule has 2 heterocycles. The van der Waals surface area contributed by atoms with Gasteiger partial charge in [0.25, 0.3) is 0 Å². The molecule has 0 radical (unpaired) electrons. The van der Waals surface area contributed by atoms with Gasteiger partial charge in [-0.25, -0.2) is 4.98 Å². The summed E-state index contributed by atoms with van der Waals surface area (Å²) in [6.07, 6.45) is 0. The van der Waals surface area contributed by atoms with Crippen LogP contribution < -0.4 is 10.6 Å². The summed E-state index contributed by atoms with van der Waals surface area (Å²) < 4.78 is 0. The summed E-state index contributed by atoms with van der Waals surface area (Å²) in [4.78, 5) is 11.2. The van der Waals surface area contributed by atoms with Crippen LogP contribution in [0, 0.1) is 17.2 Å². The summed E-state index contributed by atoms with van der Waals surface area (Å²) in [6.45, 7) is 2.50. The predicted molar refractivity (Wildman–Crippen MR) is 69.9 cm³/mol. The van der Waals surface area contributed by atoms with Gasteiger partial charge in [-0.2, -0.15) is 10.2 Å². The molecule has 0 fully saturated rings. The smallest absolute Gasteiger partial charge is 0.223 e. The van der Waals surface area contributed by atoms with E-state index in [1.807, 2.05) is 30.3 Å². The van der Waals surface area contributed by atoms with Crippen molar-refractivity contribution in [2.45, 2.75) is 6.92 Å². The number of thiophene rings is 1. The zero-order chi connectivity index (χ0) is 12.4. The first kappa shape index (κ1) is 11.6. The van der Waals surface area contributed by atoms with Gasteiger partial charge < -0.3 is 10.6 Å². The van der Waals surface area contributed by atoms with Gasteiger partial charge in [-0.15, -0.1) is 11.3 Å². The van der Waals surface area contributed by atoms with E-state index in [0.717, 1.165) is 16.0 Å². The fraction of sp³-hybridized carbons (Fsp3) is 0.364. The number of anilines is 2. The number of hydrogen-bond acceptors (Lipinski definition) is 6. The summed E-state index contributed by atoms with van der Waals surface area (Å²) in [6, 6.07) is 4.18. The lowest BCUT2D eigenvalue weighted by molar-refractivity contribution is 0.712. The van der Waals surface area contributed by atoms with Crippen LogP contribution in [0.4, 0.5) is 11.8 Å². The molecule has 2 rings (SSSR count). The Balaban J connectivity index is 2.40. The molecule has 0 saturated carbocycles. The van der Waals surface area contributed by atoms with Crippen LogP contribution in [-0.2, 0) is 0 Å². The summed E-state index contributed by atoms with van der Waals surface area (Å²) in [5.74, 6) is 1.01. The van der Waals surface area contributed by atoms with Gasteiger partial charge in [0.15, 0.2) is 0 Å². The monoisotopic (exact) mass is 247 g/mol. The first-order valence-electron chi connectivity index (χ1n) is 5.23. The molecule has 0 amide bonds. The number of hydrogen-bond donors (Lipinski definition) is 1. The molecule has 5 nitrogen and oxygen atoms in total. The molecular weight excluding hydrogens is 234 g/mol. The van der Waals surface area contributed by atoms with E-state index in [4.69, 9.17) is 11.0 Å². The summed E-state index contributed by atoms with van der Waals surface area (Å²) in [7, 11) is 1.91. The Morgan fingerprint density at radius 3 is 3.06 bits per heavy atom. The van der Waals surface area contributed by atoms with Gasteiger partial charge in [-0.3, -0.25) is 0 Å². The molecule has 88 valence electrons. The lowest BCUT2D eigenvalue weighted by atomic mass is 10.2. The minimum Gasteiger partial charge on any atom is -0.368 e. The highest BCUT2D eigenvalue weighted by atomic mass is 32.1. The fourth-order valence-electron chi connectivity index (χ4n) is 1.68. The van der Waals surface area contributed by atoms with Crippen molar-refractivity contribution in [3.05, 3.63) is 11.4 Å². The average Bonchev–Trinajstić information content (AvgIpc) is 2.75. The van der Waals surface area contributed by atoms with Crippen LogP contribution in [0.2, 0.25) is 0 Å². The van der Waals surface area contributed by atoms with Crippen molar-refractivity contribution in [1.82, 2.24) is 9.97 Å². The molecule has 0 aliphatic carbocycles. The standard InChI is InChI=1S/C11H13N5S/c1-7(5-12)6-16(2)9-8-3-4-17-10(8)15-11(13)14-9/h3-4,7H,6H2,1-2H3,(H2,13,14,15). The minimum atomic E-state index is -0.0510. The van der Waals surface area contributed by atoms with Crippen LogP contribution in [-0.4, -0.2) is 23.6 Å². The Hall–Kier alpha value is -1.87. The summed E-state index contributed by atoms with van der Waals surface area (Å²) in [5.41, 5.74) is 5.68. The molecule has 6 heteroatoms. The van der Waals surface area contributed by atoms with Crippen LogP contribution in [0.25, 0.3) is 10.2 Å². The molecule has 2 N–H and O–H groups in total. The van der Waals surface area contributed by atoms with Gasteiger partial charge in [0, 0.05) is 13.6 Å². The lowest BCUT2D eigenvalue weighted by Crippen LogP contribution is -2.24. The topological polar surface area (TPSA) is 78.8 Å². The molecule has 0 bridgehead atoms. The second kappa shape index (κ2) is 4.55. The van der Waals surface area contributed by atoms with Gasteiger partial charge in [0.2, 0.25) is 5.95 Å². The maximum atomic E-state index is 8.83. The molecule has 0 aliphatic rings. The van der Waals surface area contributed by atoms with E-state index in [1.54, 1.807) is 0 Å². The zero-order valence-corrected chi connectivity index (χ0v) is 10.5. The Bertz CT molecular complexity index is 571. The van der Waals surface area contributed by atoms with E-state index in [1.165, 1.54) is 11.3 Å². The third kappa shape index (κ3) is 2.29. The Labute approximate surface area is 104 Å². The highest BCUT2D eigenvalue weighted by Gasteiger charge is 2.13. The van der Waals surface area contributed by atoms with Crippen LogP contribution in [0.3, 0.4) is 0 Å². The van der Waals surface area contributed by atoms with Crippen LogP contribution in [0.5, 0.6) is 0 Å². The molecule has 2 aromatic heterocycles. The predicted octanol–water partition coefficient (Wildman–Crippen LogP) is 1.87. The van der Waals surface area contributed by atoms with Crippen molar-refractivity contribution >= 4 is 33.3 Å². The highest BCUT2D eigenvalue weighted by Crippen LogP contribution is 2.28. The molecule has 0 spiro atoms. The number of nitrogens with two attached hydrogens (primary N) is 1. The van der Waals surface area contributed by atoms with E-state index >= 15 is 0 Å². The van der Waals surface area contributed by atoms with Crippen molar-refractivity contribution in [3.8, 4) is 6.07 Å². The van der Waals surface area contributed by atoms with Crippen molar-refractivity contribution in [2.24, 2.45) is 5.92 Å². The molecule has 1 unspecified atom stereocenters. The SMILES string of the molecule is CC(C#N)CN(C)c1nc(N)nc2sccc12. The van der Waals surface area contributed by atoms with E-state index in [-0.39, 0.29) is 11.9 Å². The number of nitriles is 1. The third-order valence-corrected chi connectivity index (χ3v) is 3.26. The molecular formula is C11H13N5S. The van der Waals surface area contributed by atoms with Crippen molar-refractivity contribution < 1.29 is 0 Å². The maximum absolute atomic E-state index is 8.83. The molecule has 0 saturated heterocycles. The van der Waals surface area contributed by atoms with E-state index < -0.39 is 0 Å². The van der Waals surface area contributed by atoms with Crippen molar-refractivity contribution in [2.75, 3.05) is 24.2 Å². The first-order valence-corrected chi connectivity index (χ1v) is 6.11. The van der Waals surface area contributed by atoms with Gasteiger partial charge in [-0.05, 0) is 18.4 Å². The largest absolute Gasteiger partial charge is 0.368 e. The second-order valence-electron chi connectivity index (χ2n) is 3.96. The molecule has 2 aromatic rings. The molecule has 0 aromatic carbocycles. The number of aromatic nitrogens is 2. The number of nitrogen functional groups attached to an aromatic ring is 1. The Morgan fingerprint density at radius 2 is 2.35 bits per heavy atom. The van der Waals surface area contributed by atoms with E-state index in [9.17, 15) is 0 Å². The summed E-state index contributed by atoms with van der Waals surface area (Å²) in [5, 5.41) is 11.8. The average molecular weight is 247 g/mol. The summed E-state index contributed by atoms with van der Waals surface area (Å²) >= 11 is 1.53. The van der Waals surface area contributed by atoms with Gasteiger partial charge in [0.05, 0.1) is 17.4 Å². The fourth-order valence-corrected chi connectivity index (χ4v) is 2.45. The maximum Gasteiger partial charge on any atom is 0.223 e. The molecule has 1 atom stereocenters. The number of nitrogens with zero attached hydrogens (tertiary/aromatic N) is 4. The zero-order valence-electron chi connectivity index (χ0n) is 9.71. The minimum absolute atomic E-state index is 0.0510. The van der Waals surface area contributed by atoms with Crippen LogP contribution in [0.1, 0.15) is 6.92 Å². The van der Waals surface area contributed by atoms with Crippen molar-refractivity contribution in [1.29, 1.82) is 5.26 Å². The quantitative estimate of drug-likeness (QED) is 0.895. The van der Waals surface area contributed by atoms with Gasteiger partial charge in [-0.1, -0.05) is 0 Å². The van der Waals surface area contributed by atoms with Crippen LogP contribution >= 0.6 is 11.3 Å². The van der Waals surface area contributed by atoms with E-state index in [0.29, 0.717) is 6.54 Å². The van der Waals surface area contributed by atoms with Gasteiger partial charge in [0.1, 0.15) is 10.6 Å². The Kier molecular flexibility index (Phi) is 3.11. The highest BCUT2D eigenvalue weighted by molar-refractivity contribution is 7.16. The van der Waals surface area contributed by atoms with Gasteiger partial charge >= 0.3 is 0 Å². The third-order valence-electron chi connectivity index (χ3n) is 2.45. The lowest BCUT2D eigenvalue weighted by Gasteiger charge is -2.20. The molecule has 17 heavy (non-hydrogen) atoms.